The maximum Gasteiger partial charge on any atom is 0.253 e. The van der Waals surface area contributed by atoms with Gasteiger partial charge in [-0.1, -0.05) is 37.9 Å². The molecule has 0 bridgehead atoms. The van der Waals surface area contributed by atoms with Crippen LogP contribution in [-0.4, -0.2) is 11.9 Å². The van der Waals surface area contributed by atoms with Gasteiger partial charge >= 0.3 is 0 Å². The first-order valence-electron chi connectivity index (χ1n) is 6.17. The fourth-order valence-corrected chi connectivity index (χ4v) is 3.09. The molecular weight excluding hydrogens is 314 g/mol. The van der Waals surface area contributed by atoms with Crippen molar-refractivity contribution in [2.75, 3.05) is 0 Å². The van der Waals surface area contributed by atoms with E-state index in [1.54, 1.807) is 6.07 Å². The number of benzene rings is 1. The third kappa shape index (κ3) is 2.72. The average Bonchev–Trinajstić information content (AvgIpc) is 2.62. The SMILES string of the molecule is CC1(C)CCCC1NC(=O)c1cccc(Br)c1Cl. The van der Waals surface area contributed by atoms with Gasteiger partial charge in [0.05, 0.1) is 10.6 Å². The lowest BCUT2D eigenvalue weighted by Crippen LogP contribution is -2.41. The van der Waals surface area contributed by atoms with E-state index in [4.69, 9.17) is 11.6 Å². The zero-order chi connectivity index (χ0) is 13.3. The molecule has 1 atom stereocenters. The molecule has 0 spiro atoms. The number of carbonyl (C=O) groups excluding carboxylic acids is 1. The fourth-order valence-electron chi connectivity index (χ4n) is 2.51. The zero-order valence-electron chi connectivity index (χ0n) is 10.6. The van der Waals surface area contributed by atoms with E-state index in [0.717, 1.165) is 17.3 Å². The standard InChI is InChI=1S/C14H17BrClNO/c1-14(2)8-4-7-11(14)17-13(18)9-5-3-6-10(15)12(9)16/h3,5-6,11H,4,7-8H2,1-2H3,(H,17,18). The Labute approximate surface area is 121 Å². The van der Waals surface area contributed by atoms with Crippen LogP contribution >= 0.6 is 27.5 Å². The Kier molecular flexibility index (Phi) is 4.02. The summed E-state index contributed by atoms with van der Waals surface area (Å²) < 4.78 is 0.752. The smallest absolute Gasteiger partial charge is 0.253 e. The van der Waals surface area contributed by atoms with Crippen LogP contribution in [0.4, 0.5) is 0 Å². The van der Waals surface area contributed by atoms with Crippen LogP contribution in [-0.2, 0) is 0 Å². The minimum atomic E-state index is -0.0822. The van der Waals surface area contributed by atoms with E-state index in [9.17, 15) is 4.79 Å². The molecule has 1 fully saturated rings. The minimum Gasteiger partial charge on any atom is -0.349 e. The summed E-state index contributed by atoms with van der Waals surface area (Å²) in [7, 11) is 0. The molecule has 1 aliphatic carbocycles. The van der Waals surface area contributed by atoms with Crippen molar-refractivity contribution in [2.24, 2.45) is 5.41 Å². The number of carbonyl (C=O) groups is 1. The molecule has 0 saturated heterocycles. The molecule has 4 heteroatoms. The fraction of sp³-hybridized carbons (Fsp3) is 0.500. The van der Waals surface area contributed by atoms with E-state index in [1.807, 2.05) is 12.1 Å². The summed E-state index contributed by atoms with van der Waals surface area (Å²) in [4.78, 5) is 12.2. The normalized spacial score (nSPS) is 21.9. The number of hydrogen-bond acceptors (Lipinski definition) is 1. The third-order valence-corrected chi connectivity index (χ3v) is 5.06. The first kappa shape index (κ1) is 13.9. The lowest BCUT2D eigenvalue weighted by atomic mass is 9.87. The van der Waals surface area contributed by atoms with E-state index >= 15 is 0 Å². The molecule has 2 nitrogen and oxygen atoms in total. The number of halogens is 2. The predicted octanol–water partition coefficient (Wildman–Crippen LogP) is 4.41. The zero-order valence-corrected chi connectivity index (χ0v) is 12.9. The molecule has 0 radical (unpaired) electrons. The van der Waals surface area contributed by atoms with Crippen LogP contribution in [0.5, 0.6) is 0 Å². The van der Waals surface area contributed by atoms with Gasteiger partial charge in [-0.25, -0.2) is 0 Å². The van der Waals surface area contributed by atoms with E-state index in [0.29, 0.717) is 10.6 Å². The number of hydrogen-bond donors (Lipinski definition) is 1. The molecule has 1 amide bonds. The highest BCUT2D eigenvalue weighted by Gasteiger charge is 2.35. The average molecular weight is 331 g/mol. The molecule has 1 aromatic rings. The summed E-state index contributed by atoms with van der Waals surface area (Å²) in [6.45, 7) is 4.40. The third-order valence-electron chi connectivity index (χ3n) is 3.76. The Morgan fingerprint density at radius 2 is 2.22 bits per heavy atom. The van der Waals surface area contributed by atoms with Crippen molar-refractivity contribution in [2.45, 2.75) is 39.2 Å². The molecule has 1 saturated carbocycles. The van der Waals surface area contributed by atoms with Crippen molar-refractivity contribution in [1.29, 1.82) is 0 Å². The Bertz CT molecular complexity index is 473. The van der Waals surface area contributed by atoms with Gasteiger partial charge in [0.25, 0.3) is 5.91 Å². The van der Waals surface area contributed by atoms with Crippen molar-refractivity contribution >= 4 is 33.4 Å². The molecule has 1 aromatic carbocycles. The molecular formula is C14H17BrClNO. The van der Waals surface area contributed by atoms with Gasteiger partial charge in [0.15, 0.2) is 0 Å². The maximum atomic E-state index is 12.2. The van der Waals surface area contributed by atoms with Crippen molar-refractivity contribution in [3.63, 3.8) is 0 Å². The molecule has 1 unspecified atom stereocenters. The van der Waals surface area contributed by atoms with Crippen LogP contribution in [0.25, 0.3) is 0 Å². The van der Waals surface area contributed by atoms with Crippen LogP contribution in [0.2, 0.25) is 5.02 Å². The Morgan fingerprint density at radius 3 is 2.83 bits per heavy atom. The first-order valence-corrected chi connectivity index (χ1v) is 7.34. The Hall–Kier alpha value is -0.540. The van der Waals surface area contributed by atoms with Gasteiger partial charge in [-0.05, 0) is 46.3 Å². The molecule has 0 aromatic heterocycles. The van der Waals surface area contributed by atoms with Crippen LogP contribution in [0.3, 0.4) is 0 Å². The summed E-state index contributed by atoms with van der Waals surface area (Å²) in [5.74, 6) is -0.0822. The second-order valence-electron chi connectivity index (χ2n) is 5.51. The van der Waals surface area contributed by atoms with E-state index in [-0.39, 0.29) is 17.4 Å². The molecule has 0 heterocycles. The summed E-state index contributed by atoms with van der Waals surface area (Å²) in [6, 6.07) is 5.65. The Morgan fingerprint density at radius 1 is 1.50 bits per heavy atom. The van der Waals surface area contributed by atoms with Crippen LogP contribution in [0.15, 0.2) is 22.7 Å². The topological polar surface area (TPSA) is 29.1 Å². The number of amides is 1. The number of rotatable bonds is 2. The molecule has 98 valence electrons. The Balaban J connectivity index is 2.15. The second-order valence-corrected chi connectivity index (χ2v) is 6.74. The molecule has 18 heavy (non-hydrogen) atoms. The van der Waals surface area contributed by atoms with Gasteiger partial charge < -0.3 is 5.32 Å². The highest BCUT2D eigenvalue weighted by atomic mass is 79.9. The monoisotopic (exact) mass is 329 g/mol. The van der Waals surface area contributed by atoms with Crippen molar-refractivity contribution < 1.29 is 4.79 Å². The first-order chi connectivity index (χ1) is 8.42. The van der Waals surface area contributed by atoms with Crippen LogP contribution in [0.1, 0.15) is 43.5 Å². The summed E-state index contributed by atoms with van der Waals surface area (Å²) in [5, 5.41) is 3.59. The van der Waals surface area contributed by atoms with Crippen molar-refractivity contribution in [1.82, 2.24) is 5.32 Å². The molecule has 0 aliphatic heterocycles. The minimum absolute atomic E-state index is 0.0822. The lowest BCUT2D eigenvalue weighted by molar-refractivity contribution is 0.0910. The maximum absolute atomic E-state index is 12.2. The quantitative estimate of drug-likeness (QED) is 0.855. The van der Waals surface area contributed by atoms with Gasteiger partial charge in [-0.15, -0.1) is 0 Å². The summed E-state index contributed by atoms with van der Waals surface area (Å²) in [6.07, 6.45) is 3.37. The summed E-state index contributed by atoms with van der Waals surface area (Å²) in [5.41, 5.74) is 0.711. The van der Waals surface area contributed by atoms with Crippen molar-refractivity contribution in [3.8, 4) is 0 Å². The van der Waals surface area contributed by atoms with Crippen LogP contribution < -0.4 is 5.32 Å². The van der Waals surface area contributed by atoms with E-state index in [1.165, 1.54) is 6.42 Å². The van der Waals surface area contributed by atoms with Gasteiger partial charge in [-0.2, -0.15) is 0 Å². The van der Waals surface area contributed by atoms with Gasteiger partial charge in [0, 0.05) is 10.5 Å². The van der Waals surface area contributed by atoms with Gasteiger partial charge in [-0.3, -0.25) is 4.79 Å². The van der Waals surface area contributed by atoms with Crippen molar-refractivity contribution in [3.05, 3.63) is 33.3 Å². The molecule has 1 aliphatic rings. The van der Waals surface area contributed by atoms with E-state index < -0.39 is 0 Å². The van der Waals surface area contributed by atoms with Gasteiger partial charge in [0.1, 0.15) is 0 Å². The van der Waals surface area contributed by atoms with Gasteiger partial charge in [0.2, 0.25) is 0 Å². The largest absolute Gasteiger partial charge is 0.349 e. The predicted molar refractivity (Wildman–Crippen MR) is 78.0 cm³/mol. The molecule has 2 rings (SSSR count). The summed E-state index contributed by atoms with van der Waals surface area (Å²) >= 11 is 9.47. The highest BCUT2D eigenvalue weighted by Crippen LogP contribution is 2.37. The second kappa shape index (κ2) is 5.22. The number of nitrogens with one attached hydrogen (secondary N) is 1. The highest BCUT2D eigenvalue weighted by molar-refractivity contribution is 9.10. The lowest BCUT2D eigenvalue weighted by Gasteiger charge is -2.28. The molecule has 1 N–H and O–H groups in total. The van der Waals surface area contributed by atoms with E-state index in [2.05, 4.69) is 35.1 Å². The van der Waals surface area contributed by atoms with Crippen LogP contribution in [0, 0.1) is 5.41 Å².